The van der Waals surface area contributed by atoms with Crippen molar-refractivity contribution >= 4 is 38.9 Å². The van der Waals surface area contributed by atoms with Gasteiger partial charge in [-0.3, -0.25) is 4.72 Å². The maximum Gasteiger partial charge on any atom is 0.229 e. The zero-order valence-corrected chi connectivity index (χ0v) is 21.6. The number of sulfonamides is 1. The first kappa shape index (κ1) is 26.1. The van der Waals surface area contributed by atoms with Gasteiger partial charge in [0.25, 0.3) is 0 Å². The second kappa shape index (κ2) is 10.4. The molecule has 1 aliphatic heterocycles. The number of likely N-dealkylation sites (tertiary alicyclic amines) is 1. The van der Waals surface area contributed by atoms with Gasteiger partial charge < -0.3 is 14.7 Å². The lowest BCUT2D eigenvalue weighted by Crippen LogP contribution is -2.58. The highest BCUT2D eigenvalue weighted by Gasteiger charge is 2.47. The van der Waals surface area contributed by atoms with Crippen LogP contribution in [0.3, 0.4) is 0 Å². The van der Waals surface area contributed by atoms with Crippen molar-refractivity contribution in [2.45, 2.75) is 38.7 Å². The van der Waals surface area contributed by atoms with Crippen molar-refractivity contribution in [3.63, 3.8) is 0 Å². The molecule has 182 valence electrons. The van der Waals surface area contributed by atoms with Crippen molar-refractivity contribution in [1.29, 1.82) is 0 Å². The van der Waals surface area contributed by atoms with E-state index in [0.717, 1.165) is 37.9 Å². The first-order valence-electron chi connectivity index (χ1n) is 11.0. The van der Waals surface area contributed by atoms with E-state index in [-0.39, 0.29) is 5.41 Å². The third-order valence-corrected chi connectivity index (χ3v) is 7.32. The van der Waals surface area contributed by atoms with Crippen LogP contribution in [-0.4, -0.2) is 56.5 Å². The average molecular weight is 516 g/mol. The monoisotopic (exact) mass is 514 g/mol. The Labute approximate surface area is 206 Å². The van der Waals surface area contributed by atoms with E-state index in [1.807, 2.05) is 24.3 Å². The standard InChI is InChI=1S/C24H32Cl2N2O4S/c1-23(2)17-28(13-11-24(23,29)16-18-5-7-19(25)8-6-18)12-4-14-32-22-10-9-20(26)15-21(22)27-33(3,30)31/h5-10,15,27,29H,4,11-14,16-17H2,1-3H3. The molecule has 0 saturated carbocycles. The Balaban J connectivity index is 1.52. The lowest BCUT2D eigenvalue weighted by Gasteiger charge is -2.50. The Kier molecular flexibility index (Phi) is 8.23. The second-order valence-corrected chi connectivity index (χ2v) is 12.1. The molecule has 1 saturated heterocycles. The largest absolute Gasteiger partial charge is 0.491 e. The number of nitrogens with one attached hydrogen (secondary N) is 1. The predicted octanol–water partition coefficient (Wildman–Crippen LogP) is 4.84. The highest BCUT2D eigenvalue weighted by molar-refractivity contribution is 7.92. The van der Waals surface area contributed by atoms with E-state index in [0.29, 0.717) is 40.9 Å². The Morgan fingerprint density at radius 2 is 1.79 bits per heavy atom. The third kappa shape index (κ3) is 7.23. The van der Waals surface area contributed by atoms with Crippen molar-refractivity contribution in [2.75, 3.05) is 37.2 Å². The van der Waals surface area contributed by atoms with Crippen LogP contribution in [0.5, 0.6) is 5.75 Å². The van der Waals surface area contributed by atoms with Crippen LogP contribution in [-0.2, 0) is 16.4 Å². The van der Waals surface area contributed by atoms with Gasteiger partial charge in [0.1, 0.15) is 5.75 Å². The number of anilines is 1. The summed E-state index contributed by atoms with van der Waals surface area (Å²) in [6.45, 7) is 7.06. The van der Waals surface area contributed by atoms with Crippen molar-refractivity contribution in [2.24, 2.45) is 5.41 Å². The van der Waals surface area contributed by atoms with Gasteiger partial charge in [-0.1, -0.05) is 49.2 Å². The van der Waals surface area contributed by atoms with Gasteiger partial charge in [0.2, 0.25) is 10.0 Å². The molecule has 1 fully saturated rings. The summed E-state index contributed by atoms with van der Waals surface area (Å²) in [5.74, 6) is 0.445. The molecule has 1 atom stereocenters. The Morgan fingerprint density at radius 1 is 1.12 bits per heavy atom. The number of ether oxygens (including phenoxy) is 1. The van der Waals surface area contributed by atoms with Gasteiger partial charge in [-0.25, -0.2) is 8.42 Å². The maximum absolute atomic E-state index is 11.6. The molecular weight excluding hydrogens is 483 g/mol. The molecule has 3 rings (SSSR count). The fraction of sp³-hybridized carbons (Fsp3) is 0.500. The van der Waals surface area contributed by atoms with Crippen LogP contribution in [0.15, 0.2) is 42.5 Å². The molecular formula is C24H32Cl2N2O4S. The number of hydrogen-bond donors (Lipinski definition) is 2. The minimum atomic E-state index is -3.44. The molecule has 0 spiro atoms. The van der Waals surface area contributed by atoms with E-state index in [1.165, 1.54) is 6.07 Å². The zero-order valence-electron chi connectivity index (χ0n) is 19.3. The fourth-order valence-electron chi connectivity index (χ4n) is 4.30. The van der Waals surface area contributed by atoms with Crippen LogP contribution in [0.25, 0.3) is 0 Å². The van der Waals surface area contributed by atoms with Crippen molar-refractivity contribution in [3.05, 3.63) is 58.1 Å². The van der Waals surface area contributed by atoms with Crippen LogP contribution in [0.4, 0.5) is 5.69 Å². The lowest BCUT2D eigenvalue weighted by molar-refractivity contribution is -0.118. The summed E-state index contributed by atoms with van der Waals surface area (Å²) in [5, 5.41) is 12.6. The molecule has 1 heterocycles. The topological polar surface area (TPSA) is 78.9 Å². The molecule has 0 aromatic heterocycles. The van der Waals surface area contributed by atoms with Gasteiger partial charge in [-0.05, 0) is 48.7 Å². The molecule has 2 aromatic rings. The number of rotatable bonds is 9. The van der Waals surface area contributed by atoms with E-state index in [9.17, 15) is 13.5 Å². The number of aliphatic hydroxyl groups is 1. The normalized spacial score (nSPS) is 21.0. The van der Waals surface area contributed by atoms with Gasteiger partial charge in [0, 0.05) is 41.5 Å². The van der Waals surface area contributed by atoms with Gasteiger partial charge in [-0.15, -0.1) is 0 Å². The predicted molar refractivity (Wildman–Crippen MR) is 135 cm³/mol. The molecule has 2 aromatic carbocycles. The smallest absolute Gasteiger partial charge is 0.229 e. The van der Waals surface area contributed by atoms with E-state index >= 15 is 0 Å². The summed E-state index contributed by atoms with van der Waals surface area (Å²) >= 11 is 12.0. The highest BCUT2D eigenvalue weighted by atomic mass is 35.5. The fourth-order valence-corrected chi connectivity index (χ4v) is 5.16. The van der Waals surface area contributed by atoms with Crippen molar-refractivity contribution < 1.29 is 18.3 Å². The first-order chi connectivity index (χ1) is 15.4. The van der Waals surface area contributed by atoms with Crippen molar-refractivity contribution in [3.8, 4) is 5.75 Å². The Morgan fingerprint density at radius 3 is 2.42 bits per heavy atom. The van der Waals surface area contributed by atoms with Crippen molar-refractivity contribution in [1.82, 2.24) is 4.90 Å². The SMILES string of the molecule is CC1(C)CN(CCCOc2ccc(Cl)cc2NS(C)(=O)=O)CCC1(O)Cc1ccc(Cl)cc1. The van der Waals surface area contributed by atoms with Gasteiger partial charge in [0.15, 0.2) is 0 Å². The summed E-state index contributed by atoms with van der Waals surface area (Å²) in [5.41, 5.74) is 0.340. The molecule has 6 nitrogen and oxygen atoms in total. The van der Waals surface area contributed by atoms with E-state index < -0.39 is 15.6 Å². The Bertz CT molecular complexity index is 1060. The first-order valence-corrected chi connectivity index (χ1v) is 13.6. The van der Waals surface area contributed by atoms with Gasteiger partial charge in [0.05, 0.1) is 24.2 Å². The summed E-state index contributed by atoms with van der Waals surface area (Å²) in [6.07, 6.45) is 3.14. The quantitative estimate of drug-likeness (QED) is 0.468. The van der Waals surface area contributed by atoms with E-state index in [2.05, 4.69) is 23.5 Å². The number of halogens is 2. The van der Waals surface area contributed by atoms with Crippen LogP contribution in [0, 0.1) is 5.41 Å². The van der Waals surface area contributed by atoms with E-state index in [4.69, 9.17) is 27.9 Å². The maximum atomic E-state index is 11.6. The number of benzene rings is 2. The minimum Gasteiger partial charge on any atom is -0.491 e. The van der Waals surface area contributed by atoms with Gasteiger partial charge in [-0.2, -0.15) is 0 Å². The molecule has 1 unspecified atom stereocenters. The highest BCUT2D eigenvalue weighted by Crippen LogP contribution is 2.41. The molecule has 0 radical (unpaired) electrons. The molecule has 33 heavy (non-hydrogen) atoms. The van der Waals surface area contributed by atoms with Crippen LogP contribution >= 0.6 is 23.2 Å². The molecule has 9 heteroatoms. The zero-order chi connectivity index (χ0) is 24.3. The number of piperidine rings is 1. The second-order valence-electron chi connectivity index (χ2n) is 9.46. The number of hydrogen-bond acceptors (Lipinski definition) is 5. The summed E-state index contributed by atoms with van der Waals surface area (Å²) in [6, 6.07) is 12.5. The molecule has 1 aliphatic rings. The summed E-state index contributed by atoms with van der Waals surface area (Å²) < 4.78 is 31.5. The third-order valence-electron chi connectivity index (χ3n) is 6.24. The molecule has 0 bridgehead atoms. The molecule has 0 aliphatic carbocycles. The lowest BCUT2D eigenvalue weighted by atomic mass is 9.67. The molecule has 0 amide bonds. The van der Waals surface area contributed by atoms with Crippen LogP contribution in [0.1, 0.15) is 32.3 Å². The Hall–Kier alpha value is -1.51. The summed E-state index contributed by atoms with van der Waals surface area (Å²) in [7, 11) is -3.44. The van der Waals surface area contributed by atoms with Gasteiger partial charge >= 0.3 is 0 Å². The van der Waals surface area contributed by atoms with E-state index in [1.54, 1.807) is 12.1 Å². The van der Waals surface area contributed by atoms with Crippen LogP contribution < -0.4 is 9.46 Å². The summed E-state index contributed by atoms with van der Waals surface area (Å²) in [4.78, 5) is 2.34. The number of nitrogens with zero attached hydrogens (tertiary/aromatic N) is 1. The minimum absolute atomic E-state index is 0.283. The van der Waals surface area contributed by atoms with Crippen LogP contribution in [0.2, 0.25) is 10.0 Å². The average Bonchev–Trinajstić information content (AvgIpc) is 2.70. The molecule has 2 N–H and O–H groups in total.